The molecule has 2 nitrogen and oxygen atoms in total. The predicted molar refractivity (Wildman–Crippen MR) is 95.0 cm³/mol. The Morgan fingerprint density at radius 3 is 1.68 bits per heavy atom. The van der Waals surface area contributed by atoms with E-state index in [4.69, 9.17) is 15.1 Å². The summed E-state index contributed by atoms with van der Waals surface area (Å²) in [4.78, 5) is 10.5. The average molecular weight is 390 g/mol. The van der Waals surface area contributed by atoms with Crippen molar-refractivity contribution in [1.82, 2.24) is 0 Å². The van der Waals surface area contributed by atoms with Gasteiger partial charge >= 0.3 is 98.9 Å². The number of carbonyl (C=O) groups is 1. The molecule has 22 heavy (non-hydrogen) atoms. The summed E-state index contributed by atoms with van der Waals surface area (Å²) in [5.41, 5.74) is 0. The van der Waals surface area contributed by atoms with Gasteiger partial charge < -0.3 is 5.11 Å². The Bertz CT molecular complexity index is 648. The van der Waals surface area contributed by atoms with E-state index in [1.54, 1.807) is 17.5 Å². The molecular weight excluding hydrogens is 376 g/mol. The summed E-state index contributed by atoms with van der Waals surface area (Å²) in [5, 5.41) is 10.0. The van der Waals surface area contributed by atoms with Crippen LogP contribution in [0.5, 0.6) is 0 Å². The fraction of sp³-hybridized carbons (Fsp3) is 0. The van der Waals surface area contributed by atoms with E-state index in [0.29, 0.717) is 4.88 Å². The third-order valence-corrected chi connectivity index (χ3v) is 9.44. The van der Waals surface area contributed by atoms with E-state index in [1.165, 1.54) is 20.1 Å². The van der Waals surface area contributed by atoms with Crippen molar-refractivity contribution in [3.05, 3.63) is 83.1 Å². The van der Waals surface area contributed by atoms with Crippen molar-refractivity contribution in [2.75, 3.05) is 0 Å². The van der Waals surface area contributed by atoms with Crippen molar-refractivity contribution in [3.8, 4) is 0 Å². The Morgan fingerprint density at radius 1 is 0.864 bits per heavy atom. The number of carboxylic acids is 1. The maximum absolute atomic E-state index is 10.1. The van der Waals surface area contributed by atoms with Crippen LogP contribution in [0.1, 0.15) is 9.67 Å². The van der Waals surface area contributed by atoms with Gasteiger partial charge in [0.25, 0.3) is 0 Å². The van der Waals surface area contributed by atoms with Crippen LogP contribution in [0.15, 0.2) is 78.2 Å². The third-order valence-electron chi connectivity index (χ3n) is 2.79. The van der Waals surface area contributed by atoms with E-state index in [2.05, 4.69) is 24.3 Å². The monoisotopic (exact) mass is 391 g/mol. The molecule has 0 unspecified atom stereocenters. The molecule has 0 aliphatic heterocycles. The second kappa shape index (κ2) is 8.78. The van der Waals surface area contributed by atoms with Crippen LogP contribution in [-0.2, 0) is 0 Å². The molecule has 3 rings (SSSR count). The fourth-order valence-electron chi connectivity index (χ4n) is 1.74. The fourth-order valence-corrected chi connectivity index (χ4v) is 6.34. The number of carboxylic acid groups (broad SMARTS) is 1. The van der Waals surface area contributed by atoms with Gasteiger partial charge in [0.15, 0.2) is 0 Å². The Kier molecular flexibility index (Phi) is 6.71. The summed E-state index contributed by atoms with van der Waals surface area (Å²) in [6, 6.07) is 24.0. The molecule has 1 N–H and O–H groups in total. The number of halogens is 1. The molecule has 5 heteroatoms. The molecule has 0 bridgehead atoms. The van der Waals surface area contributed by atoms with Gasteiger partial charge in [-0.1, -0.05) is 6.07 Å². The summed E-state index contributed by atoms with van der Waals surface area (Å²) in [5.74, 6) is -0.847. The Balaban J connectivity index is 0.000000188. The standard InChI is InChI=1S/C12H10ClGe.C5H4O2S/c13-14(11-7-3-1-4-8-11)12-9-5-2-6-10-12;6-5(7)4-2-1-3-8-4/h1-10H;1-3H,(H,6,7). The average Bonchev–Trinajstić information content (AvgIpc) is 3.11. The van der Waals surface area contributed by atoms with E-state index in [-0.39, 0.29) is 0 Å². The molecule has 1 heterocycles. The van der Waals surface area contributed by atoms with Crippen LogP contribution in [0.3, 0.4) is 0 Å². The molecule has 2 aromatic carbocycles. The van der Waals surface area contributed by atoms with Gasteiger partial charge in [0.1, 0.15) is 4.88 Å². The number of hydrogen-bond acceptors (Lipinski definition) is 2. The van der Waals surface area contributed by atoms with E-state index < -0.39 is 19.4 Å². The van der Waals surface area contributed by atoms with Crippen LogP contribution in [0.2, 0.25) is 0 Å². The summed E-state index contributed by atoms with van der Waals surface area (Å²) < 4.78 is 2.61. The van der Waals surface area contributed by atoms with E-state index in [0.717, 1.165) is 0 Å². The second-order valence-electron chi connectivity index (χ2n) is 4.33. The molecule has 0 atom stereocenters. The van der Waals surface area contributed by atoms with Gasteiger partial charge in [-0.15, -0.1) is 11.3 Å². The molecule has 0 fully saturated rings. The first-order valence-corrected chi connectivity index (χ1v) is 12.3. The first kappa shape index (κ1) is 16.8. The van der Waals surface area contributed by atoms with Crippen LogP contribution in [-0.4, -0.2) is 24.5 Å². The maximum atomic E-state index is 10.1. The SMILES string of the molecule is O=C(O)c1cccs1.[Cl][Ge]([c]1ccccc1)[c]1ccccc1. The van der Waals surface area contributed by atoms with Crippen molar-refractivity contribution in [2.45, 2.75) is 0 Å². The van der Waals surface area contributed by atoms with Crippen molar-refractivity contribution < 1.29 is 9.90 Å². The molecule has 1 aromatic heterocycles. The zero-order valence-electron chi connectivity index (χ0n) is 11.6. The van der Waals surface area contributed by atoms with Gasteiger partial charge in [-0.2, -0.15) is 0 Å². The number of thiophene rings is 1. The number of hydrogen-bond donors (Lipinski definition) is 1. The minimum absolute atomic E-state index is 0.394. The first-order valence-electron chi connectivity index (χ1n) is 6.58. The topological polar surface area (TPSA) is 37.3 Å². The second-order valence-corrected chi connectivity index (χ2v) is 11.0. The van der Waals surface area contributed by atoms with Gasteiger partial charge in [0.2, 0.25) is 0 Å². The normalized spacial score (nSPS) is 9.91. The molecule has 0 aliphatic carbocycles. The Morgan fingerprint density at radius 2 is 1.36 bits per heavy atom. The van der Waals surface area contributed by atoms with Gasteiger partial charge in [-0.25, -0.2) is 4.79 Å². The van der Waals surface area contributed by atoms with Crippen molar-refractivity contribution in [1.29, 1.82) is 0 Å². The van der Waals surface area contributed by atoms with Crippen LogP contribution in [0.25, 0.3) is 0 Å². The van der Waals surface area contributed by atoms with Gasteiger partial charge in [0.05, 0.1) is 0 Å². The number of rotatable bonds is 3. The molecular formula is C17H14ClGeO2S. The third kappa shape index (κ3) is 5.02. The van der Waals surface area contributed by atoms with Gasteiger partial charge in [-0.3, -0.25) is 0 Å². The molecule has 111 valence electrons. The van der Waals surface area contributed by atoms with Crippen LogP contribution in [0, 0.1) is 0 Å². The van der Waals surface area contributed by atoms with E-state index >= 15 is 0 Å². The zero-order chi connectivity index (χ0) is 15.8. The molecule has 0 aliphatic rings. The summed E-state index contributed by atoms with van der Waals surface area (Å²) in [6.45, 7) is 0. The Labute approximate surface area is 142 Å². The molecule has 0 saturated heterocycles. The molecule has 0 amide bonds. The quantitative estimate of drug-likeness (QED) is 0.696. The van der Waals surface area contributed by atoms with Crippen molar-refractivity contribution in [2.24, 2.45) is 0 Å². The molecule has 3 aromatic rings. The van der Waals surface area contributed by atoms with E-state index in [1.807, 2.05) is 36.4 Å². The summed E-state index contributed by atoms with van der Waals surface area (Å²) in [7, 11) is 6.50. The number of benzene rings is 2. The minimum atomic E-state index is -1.73. The van der Waals surface area contributed by atoms with Gasteiger partial charge in [-0.05, 0) is 11.4 Å². The zero-order valence-corrected chi connectivity index (χ0v) is 15.3. The predicted octanol–water partition coefficient (Wildman–Crippen LogP) is 3.48. The molecule has 0 saturated carbocycles. The first-order chi connectivity index (χ1) is 10.7. The van der Waals surface area contributed by atoms with Crippen LogP contribution >= 0.6 is 21.3 Å². The Hall–Kier alpha value is -1.56. The summed E-state index contributed by atoms with van der Waals surface area (Å²) >= 11 is -0.496. The van der Waals surface area contributed by atoms with Crippen LogP contribution in [0.4, 0.5) is 0 Å². The molecule has 0 spiro atoms. The van der Waals surface area contributed by atoms with Crippen LogP contribution < -0.4 is 8.79 Å². The van der Waals surface area contributed by atoms with Crippen molar-refractivity contribution >= 4 is 49.5 Å². The van der Waals surface area contributed by atoms with E-state index in [9.17, 15) is 4.79 Å². The van der Waals surface area contributed by atoms with Crippen molar-refractivity contribution in [3.63, 3.8) is 0 Å². The molecule has 1 radical (unpaired) electrons. The van der Waals surface area contributed by atoms with Gasteiger partial charge in [0, 0.05) is 0 Å². The summed E-state index contributed by atoms with van der Waals surface area (Å²) in [6.07, 6.45) is 0. The number of aromatic carboxylic acids is 1.